The number of para-hydroxylation sites is 2. The van der Waals surface area contributed by atoms with Gasteiger partial charge in [0.15, 0.2) is 10.9 Å². The highest BCUT2D eigenvalue weighted by Crippen LogP contribution is 2.29. The van der Waals surface area contributed by atoms with E-state index in [4.69, 9.17) is 11.6 Å². The van der Waals surface area contributed by atoms with E-state index in [-0.39, 0.29) is 16.6 Å². The van der Waals surface area contributed by atoms with Crippen LogP contribution in [0.5, 0.6) is 0 Å². The van der Waals surface area contributed by atoms with Crippen molar-refractivity contribution in [3.05, 3.63) is 41.2 Å². The predicted molar refractivity (Wildman–Crippen MR) is 99.3 cm³/mol. The van der Waals surface area contributed by atoms with Crippen LogP contribution in [0.15, 0.2) is 35.6 Å². The summed E-state index contributed by atoms with van der Waals surface area (Å²) in [6.45, 7) is 2.02. The molecule has 1 saturated heterocycles. The van der Waals surface area contributed by atoms with Crippen LogP contribution >= 0.6 is 23.4 Å². The minimum atomic E-state index is -0.317. The predicted octanol–water partition coefficient (Wildman–Crippen LogP) is 4.09. The van der Waals surface area contributed by atoms with Crippen LogP contribution in [0.1, 0.15) is 29.8 Å². The standard InChI is InChI=1S/C17H19ClN4OS/c1-24-17-19-11-12(18)15(21-17)16(23)20-13-7-3-4-8-14(13)22-9-5-2-6-10-22/h3-4,7-8,11H,2,5-6,9-10H2,1H3,(H,20,23). The summed E-state index contributed by atoms with van der Waals surface area (Å²) in [7, 11) is 0. The lowest BCUT2D eigenvalue weighted by molar-refractivity contribution is 0.102. The molecular weight excluding hydrogens is 344 g/mol. The van der Waals surface area contributed by atoms with Gasteiger partial charge in [-0.25, -0.2) is 9.97 Å². The zero-order valence-corrected chi connectivity index (χ0v) is 15.0. The molecule has 0 spiro atoms. The van der Waals surface area contributed by atoms with Gasteiger partial charge in [-0.2, -0.15) is 0 Å². The third-order valence-corrected chi connectivity index (χ3v) is 4.81. The van der Waals surface area contributed by atoms with Crippen LogP contribution in [0.25, 0.3) is 0 Å². The van der Waals surface area contributed by atoms with Crippen molar-refractivity contribution >= 4 is 40.6 Å². The van der Waals surface area contributed by atoms with Gasteiger partial charge in [0.2, 0.25) is 0 Å². The Morgan fingerprint density at radius 2 is 2.00 bits per heavy atom. The molecule has 1 aliphatic rings. The molecule has 0 aliphatic carbocycles. The number of carbonyl (C=O) groups is 1. The van der Waals surface area contributed by atoms with Gasteiger partial charge >= 0.3 is 0 Å². The first kappa shape index (κ1) is 17.0. The number of rotatable bonds is 4. The monoisotopic (exact) mass is 362 g/mol. The fraction of sp³-hybridized carbons (Fsp3) is 0.353. The van der Waals surface area contributed by atoms with E-state index >= 15 is 0 Å². The zero-order chi connectivity index (χ0) is 16.9. The van der Waals surface area contributed by atoms with Gasteiger partial charge in [0.25, 0.3) is 5.91 Å². The minimum Gasteiger partial charge on any atom is -0.370 e. The lowest BCUT2D eigenvalue weighted by Crippen LogP contribution is -2.30. The van der Waals surface area contributed by atoms with Crippen molar-refractivity contribution in [3.63, 3.8) is 0 Å². The summed E-state index contributed by atoms with van der Waals surface area (Å²) in [5, 5.41) is 3.72. The maximum absolute atomic E-state index is 12.6. The molecule has 2 heterocycles. The van der Waals surface area contributed by atoms with E-state index in [1.807, 2.05) is 30.5 Å². The summed E-state index contributed by atoms with van der Waals surface area (Å²) < 4.78 is 0. The van der Waals surface area contributed by atoms with E-state index in [0.29, 0.717) is 5.16 Å². The van der Waals surface area contributed by atoms with Crippen LogP contribution < -0.4 is 10.2 Å². The van der Waals surface area contributed by atoms with Crippen LogP contribution in [0.4, 0.5) is 11.4 Å². The minimum absolute atomic E-state index is 0.199. The Bertz CT molecular complexity index is 734. The number of aromatic nitrogens is 2. The first-order chi connectivity index (χ1) is 11.7. The summed E-state index contributed by atoms with van der Waals surface area (Å²) in [4.78, 5) is 23.2. The molecule has 0 saturated carbocycles. The van der Waals surface area contributed by atoms with Crippen molar-refractivity contribution in [2.45, 2.75) is 24.4 Å². The van der Waals surface area contributed by atoms with E-state index in [1.54, 1.807) is 0 Å². The van der Waals surface area contributed by atoms with Gasteiger partial charge in [0, 0.05) is 13.1 Å². The van der Waals surface area contributed by atoms with Crippen molar-refractivity contribution in [2.75, 3.05) is 29.6 Å². The number of thioether (sulfide) groups is 1. The smallest absolute Gasteiger partial charge is 0.276 e. The molecule has 3 rings (SSSR count). The quantitative estimate of drug-likeness (QED) is 0.655. The lowest BCUT2D eigenvalue weighted by Gasteiger charge is -2.30. The molecule has 0 bridgehead atoms. The van der Waals surface area contributed by atoms with E-state index < -0.39 is 0 Å². The van der Waals surface area contributed by atoms with Crippen LogP contribution in [0.3, 0.4) is 0 Å². The van der Waals surface area contributed by atoms with Gasteiger partial charge in [-0.1, -0.05) is 35.5 Å². The number of anilines is 2. The van der Waals surface area contributed by atoms with E-state index in [2.05, 4.69) is 20.2 Å². The first-order valence-corrected chi connectivity index (χ1v) is 9.51. The highest BCUT2D eigenvalue weighted by Gasteiger charge is 2.18. The summed E-state index contributed by atoms with van der Waals surface area (Å²) >= 11 is 7.47. The van der Waals surface area contributed by atoms with E-state index in [9.17, 15) is 4.79 Å². The third kappa shape index (κ3) is 3.82. The molecule has 1 aromatic carbocycles. The topological polar surface area (TPSA) is 58.1 Å². The molecule has 1 N–H and O–H groups in total. The Morgan fingerprint density at radius 1 is 1.25 bits per heavy atom. The van der Waals surface area contributed by atoms with Gasteiger partial charge in [-0.3, -0.25) is 4.79 Å². The molecule has 1 aromatic heterocycles. The molecule has 0 unspecified atom stereocenters. The molecule has 2 aromatic rings. The molecular formula is C17H19ClN4OS. The molecule has 24 heavy (non-hydrogen) atoms. The summed E-state index contributed by atoms with van der Waals surface area (Å²) in [5.41, 5.74) is 2.02. The second kappa shape index (κ2) is 7.85. The van der Waals surface area contributed by atoms with Crippen molar-refractivity contribution in [2.24, 2.45) is 0 Å². The Morgan fingerprint density at radius 3 is 2.75 bits per heavy atom. The highest BCUT2D eigenvalue weighted by atomic mass is 35.5. The number of nitrogens with one attached hydrogen (secondary N) is 1. The molecule has 126 valence electrons. The van der Waals surface area contributed by atoms with E-state index in [1.165, 1.54) is 37.2 Å². The molecule has 5 nitrogen and oxygen atoms in total. The largest absolute Gasteiger partial charge is 0.370 e. The number of amides is 1. The van der Waals surface area contributed by atoms with Gasteiger partial charge in [0.05, 0.1) is 22.6 Å². The summed E-state index contributed by atoms with van der Waals surface area (Å²) in [6.07, 6.45) is 6.94. The number of benzene rings is 1. The molecule has 1 aliphatic heterocycles. The maximum Gasteiger partial charge on any atom is 0.276 e. The number of piperidine rings is 1. The molecule has 0 radical (unpaired) electrons. The Kier molecular flexibility index (Phi) is 5.58. The molecule has 1 amide bonds. The molecule has 1 fully saturated rings. The average molecular weight is 363 g/mol. The zero-order valence-electron chi connectivity index (χ0n) is 13.5. The number of hydrogen-bond donors (Lipinski definition) is 1. The summed E-state index contributed by atoms with van der Waals surface area (Å²) in [5.74, 6) is -0.317. The Labute approximate surface area is 150 Å². The van der Waals surface area contributed by atoms with Crippen molar-refractivity contribution in [1.29, 1.82) is 0 Å². The van der Waals surface area contributed by atoms with Crippen LogP contribution in [0, 0.1) is 0 Å². The second-order valence-corrected chi connectivity index (χ2v) is 6.75. The Hall–Kier alpha value is -1.79. The highest BCUT2D eigenvalue weighted by molar-refractivity contribution is 7.98. The number of hydrogen-bond acceptors (Lipinski definition) is 5. The van der Waals surface area contributed by atoms with E-state index in [0.717, 1.165) is 24.5 Å². The molecule has 0 atom stereocenters. The maximum atomic E-state index is 12.6. The van der Waals surface area contributed by atoms with Crippen molar-refractivity contribution in [1.82, 2.24) is 9.97 Å². The average Bonchev–Trinajstić information content (AvgIpc) is 2.63. The molecule has 7 heteroatoms. The number of carbonyl (C=O) groups excluding carboxylic acids is 1. The normalized spacial score (nSPS) is 14.5. The fourth-order valence-electron chi connectivity index (χ4n) is 2.78. The Balaban J connectivity index is 1.84. The fourth-order valence-corrected chi connectivity index (χ4v) is 3.30. The van der Waals surface area contributed by atoms with Crippen LogP contribution in [-0.2, 0) is 0 Å². The summed E-state index contributed by atoms with van der Waals surface area (Å²) in [6, 6.07) is 7.85. The van der Waals surface area contributed by atoms with Crippen LogP contribution in [-0.4, -0.2) is 35.2 Å². The van der Waals surface area contributed by atoms with Gasteiger partial charge < -0.3 is 10.2 Å². The lowest BCUT2D eigenvalue weighted by atomic mass is 10.1. The second-order valence-electron chi connectivity index (χ2n) is 5.57. The van der Waals surface area contributed by atoms with Gasteiger partial charge in [0.1, 0.15) is 0 Å². The number of halogens is 1. The van der Waals surface area contributed by atoms with Crippen molar-refractivity contribution < 1.29 is 4.79 Å². The number of nitrogens with zero attached hydrogens (tertiary/aromatic N) is 3. The van der Waals surface area contributed by atoms with Crippen molar-refractivity contribution in [3.8, 4) is 0 Å². The van der Waals surface area contributed by atoms with Gasteiger partial charge in [-0.05, 0) is 37.7 Å². The third-order valence-electron chi connectivity index (χ3n) is 3.97. The van der Waals surface area contributed by atoms with Crippen LogP contribution in [0.2, 0.25) is 5.02 Å². The van der Waals surface area contributed by atoms with Gasteiger partial charge in [-0.15, -0.1) is 0 Å². The SMILES string of the molecule is CSc1ncc(Cl)c(C(=O)Nc2ccccc2N2CCCCC2)n1. The first-order valence-electron chi connectivity index (χ1n) is 7.91.